The highest BCUT2D eigenvalue weighted by atomic mass is 16.8. The Hall–Kier alpha value is -3.68. The molecule has 18 heteroatoms. The van der Waals surface area contributed by atoms with Gasteiger partial charge in [-0.15, -0.1) is 0 Å². The zero-order valence-electron chi connectivity index (χ0n) is 38.4. The minimum absolute atomic E-state index is 0.0897. The van der Waals surface area contributed by atoms with Crippen molar-refractivity contribution in [2.24, 2.45) is 34.5 Å². The van der Waals surface area contributed by atoms with Gasteiger partial charge in [-0.25, -0.2) is 4.79 Å². The van der Waals surface area contributed by atoms with Crippen LogP contribution in [0.2, 0.25) is 0 Å². The summed E-state index contributed by atoms with van der Waals surface area (Å²) < 4.78 is 64.9. The number of hydrogen-bond acceptors (Lipinski definition) is 18. The zero-order chi connectivity index (χ0) is 46.5. The molecule has 0 amide bonds. The highest BCUT2D eigenvalue weighted by Gasteiger charge is 2.68. The monoisotopic (exact) mass is 906 g/mol. The molecule has 3 heterocycles. The van der Waals surface area contributed by atoms with Crippen molar-refractivity contribution in [2.75, 3.05) is 20.3 Å². The average Bonchev–Trinajstić information content (AvgIpc) is 3.76. The fourth-order valence-corrected chi connectivity index (χ4v) is 13.0. The molecule has 0 aromatic carbocycles. The van der Waals surface area contributed by atoms with E-state index in [1.165, 1.54) is 41.7 Å². The SMILES string of the molecule is CO[C@H]1[C@@H](OC(C)=O)[C@H](OC[C@H]2O[C@@H](O[C@H]3CC[C@@]4(C)[C@@H](CC[C@H]5[C@H]4CC[C@]4(C)[C@H](C6=CC(=O)OC6)CC[C@]54O)C3)[C@H](OC(C)=O)[C@@H](OC(C)=O)[C@@H]2OC(C)=O)O[C@@H](C)[C@H]1OC(C)=O. The molecule has 7 aliphatic rings. The molecule has 0 aromatic rings. The number of methoxy groups -OCH3 is 1. The Labute approximate surface area is 373 Å². The van der Waals surface area contributed by atoms with E-state index in [-0.39, 0.29) is 46.6 Å². The molecule has 0 radical (unpaired) electrons. The number of fused-ring (bicyclic) bond motifs is 5. The lowest BCUT2D eigenvalue weighted by molar-refractivity contribution is -0.339. The molecule has 64 heavy (non-hydrogen) atoms. The molecule has 7 rings (SSSR count). The Kier molecular flexibility index (Phi) is 14.3. The number of hydrogen-bond donors (Lipinski definition) is 1. The Morgan fingerprint density at radius 1 is 0.703 bits per heavy atom. The quantitative estimate of drug-likeness (QED) is 0.167. The molecule has 18 nitrogen and oxygen atoms in total. The number of esters is 6. The fourth-order valence-electron chi connectivity index (χ4n) is 13.0. The second kappa shape index (κ2) is 18.9. The van der Waals surface area contributed by atoms with Gasteiger partial charge in [0.2, 0.25) is 0 Å². The largest absolute Gasteiger partial charge is 0.458 e. The van der Waals surface area contributed by atoms with Crippen molar-refractivity contribution in [1.29, 1.82) is 0 Å². The van der Waals surface area contributed by atoms with E-state index in [2.05, 4.69) is 13.8 Å². The van der Waals surface area contributed by atoms with Crippen molar-refractivity contribution >= 4 is 35.8 Å². The molecule has 3 aliphatic heterocycles. The first kappa shape index (κ1) is 48.3. The summed E-state index contributed by atoms with van der Waals surface area (Å²) in [5.41, 5.74) is -0.313. The van der Waals surface area contributed by atoms with E-state index in [1.807, 2.05) is 0 Å². The van der Waals surface area contributed by atoms with Gasteiger partial charge < -0.3 is 57.2 Å². The maximum absolute atomic E-state index is 12.7. The van der Waals surface area contributed by atoms with Gasteiger partial charge in [-0.3, -0.25) is 24.0 Å². The van der Waals surface area contributed by atoms with Gasteiger partial charge in [-0.2, -0.15) is 0 Å². The molecule has 0 spiro atoms. The maximum Gasteiger partial charge on any atom is 0.331 e. The summed E-state index contributed by atoms with van der Waals surface area (Å²) in [6.45, 7) is 12.1. The lowest BCUT2D eigenvalue weighted by atomic mass is 9.43. The molecule has 0 bridgehead atoms. The summed E-state index contributed by atoms with van der Waals surface area (Å²) in [5, 5.41) is 12.7. The second-order valence-corrected chi connectivity index (χ2v) is 19.5. The van der Waals surface area contributed by atoms with Gasteiger partial charge in [-0.1, -0.05) is 13.8 Å². The van der Waals surface area contributed by atoms with Crippen LogP contribution in [0, 0.1) is 34.5 Å². The van der Waals surface area contributed by atoms with Crippen molar-refractivity contribution in [3.8, 4) is 0 Å². The number of carbonyl (C=O) groups is 6. The van der Waals surface area contributed by atoms with Crippen molar-refractivity contribution in [1.82, 2.24) is 0 Å². The summed E-state index contributed by atoms with van der Waals surface area (Å²) >= 11 is 0. The van der Waals surface area contributed by atoms with Crippen LogP contribution in [0.5, 0.6) is 0 Å². The third kappa shape index (κ3) is 9.20. The van der Waals surface area contributed by atoms with Gasteiger partial charge in [0, 0.05) is 53.2 Å². The number of cyclic esters (lactones) is 1. The van der Waals surface area contributed by atoms with E-state index in [4.69, 9.17) is 52.1 Å². The van der Waals surface area contributed by atoms with Gasteiger partial charge in [0.25, 0.3) is 0 Å². The number of aliphatic hydroxyl groups is 1. The minimum Gasteiger partial charge on any atom is -0.458 e. The van der Waals surface area contributed by atoms with E-state index in [1.54, 1.807) is 13.0 Å². The summed E-state index contributed by atoms with van der Waals surface area (Å²) in [4.78, 5) is 74.3. The summed E-state index contributed by atoms with van der Waals surface area (Å²) in [7, 11) is 1.36. The predicted molar refractivity (Wildman–Crippen MR) is 218 cm³/mol. The third-order valence-electron chi connectivity index (χ3n) is 15.8. The van der Waals surface area contributed by atoms with Crippen LogP contribution in [0.25, 0.3) is 0 Å². The normalized spacial score (nSPS) is 43.9. The minimum atomic E-state index is -1.39. The van der Waals surface area contributed by atoms with Crippen molar-refractivity contribution in [3.05, 3.63) is 11.6 Å². The molecule has 0 aromatic heterocycles. The van der Waals surface area contributed by atoms with Crippen LogP contribution in [0.3, 0.4) is 0 Å². The summed E-state index contributed by atoms with van der Waals surface area (Å²) in [5.74, 6) is -3.08. The molecule has 4 aliphatic carbocycles. The van der Waals surface area contributed by atoms with E-state index >= 15 is 0 Å². The fraction of sp³-hybridized carbons (Fsp3) is 0.826. The van der Waals surface area contributed by atoms with Crippen molar-refractivity contribution in [2.45, 2.75) is 186 Å². The van der Waals surface area contributed by atoms with Crippen LogP contribution in [0.4, 0.5) is 0 Å². The lowest BCUT2D eigenvalue weighted by Crippen LogP contribution is -2.65. The molecule has 4 saturated carbocycles. The maximum atomic E-state index is 12.7. The van der Waals surface area contributed by atoms with Gasteiger partial charge in [0.05, 0.1) is 24.4 Å². The Morgan fingerprint density at radius 2 is 1.31 bits per heavy atom. The first-order valence-electron chi connectivity index (χ1n) is 22.8. The van der Waals surface area contributed by atoms with Gasteiger partial charge >= 0.3 is 35.8 Å². The zero-order valence-corrected chi connectivity index (χ0v) is 38.4. The first-order chi connectivity index (χ1) is 30.2. The number of rotatable bonds is 12. The molecule has 0 unspecified atom stereocenters. The van der Waals surface area contributed by atoms with E-state index < -0.39 is 103 Å². The molecule has 2 saturated heterocycles. The van der Waals surface area contributed by atoms with Crippen molar-refractivity contribution in [3.63, 3.8) is 0 Å². The molecule has 6 fully saturated rings. The molecular formula is C46H66O18. The Bertz CT molecular complexity index is 1830. The van der Waals surface area contributed by atoms with Crippen LogP contribution in [-0.4, -0.2) is 134 Å². The van der Waals surface area contributed by atoms with Crippen molar-refractivity contribution < 1.29 is 86.0 Å². The molecular weight excluding hydrogens is 840 g/mol. The third-order valence-corrected chi connectivity index (χ3v) is 15.8. The van der Waals surface area contributed by atoms with Crippen LogP contribution < -0.4 is 0 Å². The molecule has 1 N–H and O–H groups in total. The van der Waals surface area contributed by atoms with Gasteiger partial charge in [-0.05, 0) is 99.4 Å². The van der Waals surface area contributed by atoms with E-state index in [9.17, 15) is 33.9 Å². The van der Waals surface area contributed by atoms with Crippen LogP contribution in [0.1, 0.15) is 113 Å². The highest BCUT2D eigenvalue weighted by molar-refractivity contribution is 5.85. The van der Waals surface area contributed by atoms with E-state index in [0.29, 0.717) is 25.9 Å². The van der Waals surface area contributed by atoms with Crippen LogP contribution >= 0.6 is 0 Å². The second-order valence-electron chi connectivity index (χ2n) is 19.5. The Morgan fingerprint density at radius 3 is 1.92 bits per heavy atom. The molecule has 18 atom stereocenters. The predicted octanol–water partition coefficient (Wildman–Crippen LogP) is 3.79. The van der Waals surface area contributed by atoms with E-state index in [0.717, 1.165) is 44.1 Å². The number of carbonyl (C=O) groups excluding carboxylic acids is 6. The smallest absolute Gasteiger partial charge is 0.331 e. The Balaban J connectivity index is 1.10. The van der Waals surface area contributed by atoms with Gasteiger partial charge in [0.1, 0.15) is 18.8 Å². The topological polar surface area (TPSA) is 224 Å². The first-order valence-corrected chi connectivity index (χ1v) is 22.8. The number of ether oxygens (including phenoxy) is 11. The lowest BCUT2D eigenvalue weighted by Gasteiger charge is -2.64. The van der Waals surface area contributed by atoms with Crippen LogP contribution in [0.15, 0.2) is 11.6 Å². The van der Waals surface area contributed by atoms with Gasteiger partial charge in [0.15, 0.2) is 43.1 Å². The van der Waals surface area contributed by atoms with Crippen LogP contribution in [-0.2, 0) is 80.9 Å². The average molecular weight is 907 g/mol. The summed E-state index contributed by atoms with van der Waals surface area (Å²) in [6.07, 6.45) is -3.57. The molecule has 358 valence electrons. The summed E-state index contributed by atoms with van der Waals surface area (Å²) in [6, 6.07) is 0. The highest BCUT2D eigenvalue weighted by Crippen LogP contribution is 2.70. The standard InChI is InChI=1S/C46H66O18/c1-22-36(58-23(2)47)38(54-9)40(61-26(5)50)42(57-22)56-21-34-37(59-24(3)48)39(60-25(4)49)41(62-27(6)51)43(64-34)63-30-12-15-44(7)29(19-30)10-11-33-32(44)13-16-45(8)31(14-17-46(33,45)53)28-18-35(52)55-20-28/h18,22,29-34,36-43,53H,10-17,19-21H2,1-9H3/t22-,29-,30-,31-,32+,33-,34+,36+,37+,38+,39-,40+,41+,42+,43+,44-,45+,46-/m0/s1.